The molecule has 0 atom stereocenters. The molecule has 1 heterocycles. The van der Waals surface area contributed by atoms with Crippen molar-refractivity contribution in [2.24, 2.45) is 0 Å². The lowest BCUT2D eigenvalue weighted by molar-refractivity contribution is 0.275. The zero-order valence-corrected chi connectivity index (χ0v) is 11.9. The minimum absolute atomic E-state index is 0.104. The van der Waals surface area contributed by atoms with Crippen LogP contribution in [0.5, 0.6) is 11.6 Å². The zero-order valence-electron chi connectivity index (χ0n) is 10.3. The van der Waals surface area contributed by atoms with Gasteiger partial charge in [0.25, 0.3) is 0 Å². The van der Waals surface area contributed by atoms with Crippen molar-refractivity contribution in [1.29, 1.82) is 0 Å². The van der Waals surface area contributed by atoms with Gasteiger partial charge in [0, 0.05) is 16.2 Å². The van der Waals surface area contributed by atoms with Gasteiger partial charge in [-0.15, -0.1) is 0 Å². The summed E-state index contributed by atoms with van der Waals surface area (Å²) in [5, 5.41) is 9.29. The Hall–Kier alpha value is -1.39. The Morgan fingerprint density at radius 3 is 2.72 bits per heavy atom. The Morgan fingerprint density at radius 1 is 1.28 bits per heavy atom. The molecule has 0 unspecified atom stereocenters. The van der Waals surface area contributed by atoms with E-state index in [0.717, 1.165) is 15.8 Å². The number of aryl methyl sites for hydroxylation is 2. The number of halogens is 1. The van der Waals surface area contributed by atoms with Gasteiger partial charge >= 0.3 is 0 Å². The number of nitrogens with zero attached hydrogens (tertiary/aromatic N) is 1. The molecule has 0 aliphatic heterocycles. The summed E-state index contributed by atoms with van der Waals surface area (Å²) >= 11 is 3.32. The number of hydrogen-bond donors (Lipinski definition) is 1. The van der Waals surface area contributed by atoms with Crippen LogP contribution < -0.4 is 4.74 Å². The third-order valence-corrected chi connectivity index (χ3v) is 3.03. The van der Waals surface area contributed by atoms with Crippen molar-refractivity contribution in [3.63, 3.8) is 0 Å². The van der Waals surface area contributed by atoms with Crippen molar-refractivity contribution >= 4 is 15.9 Å². The molecule has 0 saturated heterocycles. The molecule has 3 nitrogen and oxygen atoms in total. The monoisotopic (exact) mass is 307 g/mol. The number of pyridine rings is 1. The van der Waals surface area contributed by atoms with Gasteiger partial charge in [0.1, 0.15) is 5.75 Å². The number of aromatic nitrogens is 1. The van der Waals surface area contributed by atoms with Gasteiger partial charge in [0.2, 0.25) is 5.88 Å². The van der Waals surface area contributed by atoms with Gasteiger partial charge in [-0.1, -0.05) is 17.7 Å². The maximum Gasteiger partial charge on any atom is 0.224 e. The molecule has 94 valence electrons. The summed E-state index contributed by atoms with van der Waals surface area (Å²) in [6.07, 6.45) is 1.65. The summed E-state index contributed by atoms with van der Waals surface area (Å²) in [6, 6.07) is 7.74. The fourth-order valence-electron chi connectivity index (χ4n) is 1.69. The van der Waals surface area contributed by atoms with Gasteiger partial charge in [0.15, 0.2) is 0 Å². The van der Waals surface area contributed by atoms with Gasteiger partial charge < -0.3 is 9.84 Å². The fraction of sp³-hybridized carbons (Fsp3) is 0.214. The van der Waals surface area contributed by atoms with Crippen molar-refractivity contribution in [3.8, 4) is 11.6 Å². The van der Waals surface area contributed by atoms with Crippen LogP contribution in [-0.4, -0.2) is 10.1 Å². The molecule has 0 amide bonds. The molecule has 0 bridgehead atoms. The maximum atomic E-state index is 9.29. The Morgan fingerprint density at radius 2 is 2.06 bits per heavy atom. The maximum absolute atomic E-state index is 9.29. The highest BCUT2D eigenvalue weighted by Gasteiger charge is 2.08. The van der Waals surface area contributed by atoms with E-state index in [4.69, 9.17) is 4.74 Å². The summed E-state index contributed by atoms with van der Waals surface area (Å²) in [6.45, 7) is 3.92. The van der Waals surface area contributed by atoms with Crippen LogP contribution in [-0.2, 0) is 6.61 Å². The number of rotatable bonds is 3. The topological polar surface area (TPSA) is 42.4 Å². The second kappa shape index (κ2) is 5.50. The average molecular weight is 308 g/mol. The van der Waals surface area contributed by atoms with Crippen LogP contribution in [0.4, 0.5) is 0 Å². The molecule has 2 aromatic rings. The van der Waals surface area contributed by atoms with Gasteiger partial charge in [0.05, 0.1) is 6.61 Å². The fourth-order valence-corrected chi connectivity index (χ4v) is 2.07. The van der Waals surface area contributed by atoms with E-state index in [-0.39, 0.29) is 6.61 Å². The van der Waals surface area contributed by atoms with E-state index in [1.807, 2.05) is 32.0 Å². The first-order valence-corrected chi connectivity index (χ1v) is 6.40. The number of benzene rings is 1. The Balaban J connectivity index is 2.33. The molecular formula is C14H14BrNO2. The number of aliphatic hydroxyl groups is 1. The smallest absolute Gasteiger partial charge is 0.224 e. The first kappa shape index (κ1) is 13.1. The molecule has 0 fully saturated rings. The van der Waals surface area contributed by atoms with E-state index >= 15 is 0 Å². The quantitative estimate of drug-likeness (QED) is 0.939. The number of ether oxygens (including phenoxy) is 1. The van der Waals surface area contributed by atoms with Crippen molar-refractivity contribution in [3.05, 3.63) is 51.6 Å². The molecule has 0 saturated carbocycles. The Labute approximate surface area is 115 Å². The summed E-state index contributed by atoms with van der Waals surface area (Å²) in [5.74, 6) is 1.19. The van der Waals surface area contributed by atoms with Gasteiger partial charge in [-0.2, -0.15) is 0 Å². The van der Waals surface area contributed by atoms with E-state index < -0.39 is 0 Å². The molecule has 0 aliphatic rings. The SMILES string of the molecule is Cc1ccc(Oc2ncc(Br)cc2CO)c(C)c1. The molecule has 1 N–H and O–H groups in total. The number of hydrogen-bond acceptors (Lipinski definition) is 3. The lowest BCUT2D eigenvalue weighted by atomic mass is 10.1. The van der Waals surface area contributed by atoms with Crippen LogP contribution in [0.15, 0.2) is 34.9 Å². The summed E-state index contributed by atoms with van der Waals surface area (Å²) < 4.78 is 6.57. The van der Waals surface area contributed by atoms with Crippen LogP contribution in [0.2, 0.25) is 0 Å². The zero-order chi connectivity index (χ0) is 13.1. The Bertz CT molecular complexity index is 570. The third kappa shape index (κ3) is 2.89. The molecule has 2 rings (SSSR count). The molecule has 0 aliphatic carbocycles. The van der Waals surface area contributed by atoms with E-state index in [1.54, 1.807) is 12.3 Å². The average Bonchev–Trinajstić information content (AvgIpc) is 2.34. The molecule has 18 heavy (non-hydrogen) atoms. The van der Waals surface area contributed by atoms with E-state index in [9.17, 15) is 5.11 Å². The van der Waals surface area contributed by atoms with Crippen molar-refractivity contribution in [1.82, 2.24) is 4.98 Å². The van der Waals surface area contributed by atoms with Gasteiger partial charge in [-0.3, -0.25) is 0 Å². The minimum Gasteiger partial charge on any atom is -0.438 e. The predicted molar refractivity (Wildman–Crippen MR) is 73.8 cm³/mol. The van der Waals surface area contributed by atoms with Crippen LogP contribution in [0.25, 0.3) is 0 Å². The second-order valence-corrected chi connectivity index (χ2v) is 5.06. The lowest BCUT2D eigenvalue weighted by Gasteiger charge is -2.11. The highest BCUT2D eigenvalue weighted by Crippen LogP contribution is 2.28. The predicted octanol–water partition coefficient (Wildman–Crippen LogP) is 3.75. The normalized spacial score (nSPS) is 10.4. The largest absolute Gasteiger partial charge is 0.438 e. The van der Waals surface area contributed by atoms with Gasteiger partial charge in [-0.25, -0.2) is 4.98 Å². The Kier molecular flexibility index (Phi) is 3.99. The summed E-state index contributed by atoms with van der Waals surface area (Å²) in [7, 11) is 0. The van der Waals surface area contributed by atoms with Crippen molar-refractivity contribution in [2.45, 2.75) is 20.5 Å². The van der Waals surface area contributed by atoms with Crippen LogP contribution in [0.1, 0.15) is 16.7 Å². The minimum atomic E-state index is -0.104. The lowest BCUT2D eigenvalue weighted by Crippen LogP contribution is -1.96. The molecule has 0 spiro atoms. The van der Waals surface area contributed by atoms with Crippen LogP contribution in [0, 0.1) is 13.8 Å². The van der Waals surface area contributed by atoms with Crippen molar-refractivity contribution < 1.29 is 9.84 Å². The number of aliphatic hydroxyl groups excluding tert-OH is 1. The molecule has 4 heteroatoms. The second-order valence-electron chi connectivity index (χ2n) is 4.15. The first-order valence-electron chi connectivity index (χ1n) is 5.60. The summed E-state index contributed by atoms with van der Waals surface area (Å²) in [4.78, 5) is 4.18. The van der Waals surface area contributed by atoms with Crippen molar-refractivity contribution in [2.75, 3.05) is 0 Å². The summed E-state index contributed by atoms with van der Waals surface area (Å²) in [5.41, 5.74) is 2.89. The first-order chi connectivity index (χ1) is 8.60. The standard InChI is InChI=1S/C14H14BrNO2/c1-9-3-4-13(10(2)5-9)18-14-11(8-17)6-12(15)7-16-14/h3-7,17H,8H2,1-2H3. The van der Waals surface area contributed by atoms with E-state index in [0.29, 0.717) is 11.4 Å². The molecule has 0 radical (unpaired) electrons. The van der Waals surface area contributed by atoms with Crippen LogP contribution in [0.3, 0.4) is 0 Å². The molecule has 1 aromatic heterocycles. The van der Waals surface area contributed by atoms with Gasteiger partial charge in [-0.05, 0) is 47.5 Å². The molecular weight excluding hydrogens is 294 g/mol. The third-order valence-electron chi connectivity index (χ3n) is 2.60. The molecule has 1 aromatic carbocycles. The van der Waals surface area contributed by atoms with Crippen LogP contribution >= 0.6 is 15.9 Å². The highest BCUT2D eigenvalue weighted by molar-refractivity contribution is 9.10. The highest BCUT2D eigenvalue weighted by atomic mass is 79.9. The van der Waals surface area contributed by atoms with E-state index in [1.165, 1.54) is 5.56 Å². The van der Waals surface area contributed by atoms with E-state index in [2.05, 4.69) is 20.9 Å².